The van der Waals surface area contributed by atoms with Gasteiger partial charge in [-0.25, -0.2) is 0 Å². The molecule has 0 saturated heterocycles. The zero-order valence-electron chi connectivity index (χ0n) is 8.83. The van der Waals surface area contributed by atoms with Gasteiger partial charge in [-0.3, -0.25) is 14.4 Å². The third-order valence-electron chi connectivity index (χ3n) is 2.09. The second kappa shape index (κ2) is 6.29. The summed E-state index contributed by atoms with van der Waals surface area (Å²) in [6.07, 6.45) is 0.701. The highest BCUT2D eigenvalue weighted by molar-refractivity contribution is 6.01. The Hall–Kier alpha value is -1.19. The summed E-state index contributed by atoms with van der Waals surface area (Å²) in [4.78, 5) is 33.2. The molecule has 4 nitrogen and oxygen atoms in total. The molecular weight excluding hydrogens is 184 g/mol. The summed E-state index contributed by atoms with van der Waals surface area (Å²) in [5.74, 6) is -1.32. The van der Waals surface area contributed by atoms with E-state index in [9.17, 15) is 14.4 Å². The second-order valence-electron chi connectivity index (χ2n) is 3.10. The molecule has 4 heteroatoms. The van der Waals surface area contributed by atoms with Gasteiger partial charge in [0.05, 0.1) is 13.0 Å². The van der Waals surface area contributed by atoms with Gasteiger partial charge in [-0.1, -0.05) is 6.92 Å². The van der Waals surface area contributed by atoms with E-state index in [1.165, 1.54) is 14.0 Å². The van der Waals surface area contributed by atoms with Crippen LogP contribution in [0.5, 0.6) is 0 Å². The summed E-state index contributed by atoms with van der Waals surface area (Å²) in [6.45, 7) is 3.08. The molecule has 0 aromatic rings. The third kappa shape index (κ3) is 4.16. The van der Waals surface area contributed by atoms with Crippen LogP contribution in [0.3, 0.4) is 0 Å². The number of methoxy groups -OCH3 is 1. The maximum absolute atomic E-state index is 11.3. The van der Waals surface area contributed by atoms with Crippen molar-refractivity contribution in [3.8, 4) is 0 Å². The Kier molecular flexibility index (Phi) is 5.76. The summed E-state index contributed by atoms with van der Waals surface area (Å²) in [5, 5.41) is 0. The number of Topliss-reactive ketones (excluding diaryl/α,β-unsaturated/α-hetero) is 2. The molecule has 0 bridgehead atoms. The van der Waals surface area contributed by atoms with Gasteiger partial charge in [-0.2, -0.15) is 0 Å². The van der Waals surface area contributed by atoms with E-state index in [2.05, 4.69) is 4.74 Å². The van der Waals surface area contributed by atoms with Crippen LogP contribution >= 0.6 is 0 Å². The number of carbonyl (C=O) groups excluding carboxylic acids is 3. The molecule has 0 aliphatic rings. The van der Waals surface area contributed by atoms with Gasteiger partial charge in [0.2, 0.25) is 0 Å². The number of ketones is 2. The zero-order chi connectivity index (χ0) is 11.1. The summed E-state index contributed by atoms with van der Waals surface area (Å²) in [5.41, 5.74) is 0. The van der Waals surface area contributed by atoms with Gasteiger partial charge in [-0.15, -0.1) is 0 Å². The fourth-order valence-electron chi connectivity index (χ4n) is 1.20. The molecule has 0 aromatic heterocycles. The Bertz CT molecular complexity index is 232. The van der Waals surface area contributed by atoms with Gasteiger partial charge in [0.15, 0.2) is 0 Å². The van der Waals surface area contributed by atoms with E-state index in [1.54, 1.807) is 6.92 Å². The molecule has 0 fully saturated rings. The van der Waals surface area contributed by atoms with E-state index in [4.69, 9.17) is 0 Å². The summed E-state index contributed by atoms with van der Waals surface area (Å²) in [7, 11) is 1.28. The number of ether oxygens (including phenoxy) is 1. The second-order valence-corrected chi connectivity index (χ2v) is 3.10. The minimum Gasteiger partial charge on any atom is -0.469 e. The van der Waals surface area contributed by atoms with Crippen LogP contribution in [0.1, 0.15) is 33.1 Å². The van der Waals surface area contributed by atoms with Gasteiger partial charge in [0, 0.05) is 12.8 Å². The van der Waals surface area contributed by atoms with Crippen molar-refractivity contribution in [2.24, 2.45) is 5.92 Å². The standard InChI is InChI=1S/C10H16O4/c1-4-9(12)8(7(2)11)5-6-10(13)14-3/h8H,4-6H2,1-3H3. The van der Waals surface area contributed by atoms with Crippen LogP contribution in [0.15, 0.2) is 0 Å². The number of esters is 1. The number of hydrogen-bond donors (Lipinski definition) is 0. The molecule has 0 N–H and O–H groups in total. The van der Waals surface area contributed by atoms with Crippen molar-refractivity contribution in [2.45, 2.75) is 33.1 Å². The molecule has 1 unspecified atom stereocenters. The Morgan fingerprint density at radius 2 is 1.86 bits per heavy atom. The topological polar surface area (TPSA) is 60.4 Å². The highest BCUT2D eigenvalue weighted by Crippen LogP contribution is 2.11. The van der Waals surface area contributed by atoms with Crippen LogP contribution in [-0.2, 0) is 19.1 Å². The molecule has 0 aromatic carbocycles. The van der Waals surface area contributed by atoms with Crippen LogP contribution in [0, 0.1) is 5.92 Å². The van der Waals surface area contributed by atoms with Crippen molar-refractivity contribution in [3.63, 3.8) is 0 Å². The SMILES string of the molecule is CCC(=O)C(CCC(=O)OC)C(C)=O. The molecular formula is C10H16O4. The molecule has 0 amide bonds. The van der Waals surface area contributed by atoms with E-state index in [-0.39, 0.29) is 30.4 Å². The average Bonchev–Trinajstić information content (AvgIpc) is 2.16. The van der Waals surface area contributed by atoms with Crippen molar-refractivity contribution in [3.05, 3.63) is 0 Å². The van der Waals surface area contributed by atoms with Gasteiger partial charge < -0.3 is 4.74 Å². The lowest BCUT2D eigenvalue weighted by Crippen LogP contribution is -2.22. The molecule has 14 heavy (non-hydrogen) atoms. The first-order chi connectivity index (χ1) is 6.52. The molecule has 0 radical (unpaired) electrons. The van der Waals surface area contributed by atoms with E-state index in [0.717, 1.165) is 0 Å². The highest BCUT2D eigenvalue weighted by Gasteiger charge is 2.22. The van der Waals surface area contributed by atoms with Crippen molar-refractivity contribution in [1.29, 1.82) is 0 Å². The first kappa shape index (κ1) is 12.8. The van der Waals surface area contributed by atoms with E-state index < -0.39 is 5.92 Å². The van der Waals surface area contributed by atoms with Crippen LogP contribution in [-0.4, -0.2) is 24.6 Å². The van der Waals surface area contributed by atoms with Gasteiger partial charge >= 0.3 is 5.97 Å². The van der Waals surface area contributed by atoms with Crippen LogP contribution < -0.4 is 0 Å². The fourth-order valence-corrected chi connectivity index (χ4v) is 1.20. The smallest absolute Gasteiger partial charge is 0.305 e. The largest absolute Gasteiger partial charge is 0.469 e. The molecule has 0 aliphatic heterocycles. The number of hydrogen-bond acceptors (Lipinski definition) is 4. The molecule has 1 atom stereocenters. The normalized spacial score (nSPS) is 11.9. The quantitative estimate of drug-likeness (QED) is 0.476. The van der Waals surface area contributed by atoms with Crippen LogP contribution in [0.2, 0.25) is 0 Å². The van der Waals surface area contributed by atoms with Crippen molar-refractivity contribution in [1.82, 2.24) is 0 Å². The Balaban J connectivity index is 4.18. The third-order valence-corrected chi connectivity index (χ3v) is 2.09. The average molecular weight is 200 g/mol. The minimum absolute atomic E-state index is 0.110. The number of rotatable bonds is 6. The van der Waals surface area contributed by atoms with Crippen LogP contribution in [0.25, 0.3) is 0 Å². The molecule has 80 valence electrons. The molecule has 0 spiro atoms. The molecule has 0 heterocycles. The summed E-state index contributed by atoms with van der Waals surface area (Å²) in [6, 6.07) is 0. The van der Waals surface area contributed by atoms with E-state index in [1.807, 2.05) is 0 Å². The summed E-state index contributed by atoms with van der Waals surface area (Å²) >= 11 is 0. The Morgan fingerprint density at radius 3 is 2.21 bits per heavy atom. The van der Waals surface area contributed by atoms with Gasteiger partial charge in [0.1, 0.15) is 11.6 Å². The molecule has 0 rings (SSSR count). The minimum atomic E-state index is -0.640. The summed E-state index contributed by atoms with van der Waals surface area (Å²) < 4.78 is 4.43. The predicted octanol–water partition coefficient (Wildman–Crippen LogP) is 1.12. The first-order valence-electron chi connectivity index (χ1n) is 4.62. The lowest BCUT2D eigenvalue weighted by Gasteiger charge is -2.09. The number of carbonyl (C=O) groups is 3. The lowest BCUT2D eigenvalue weighted by molar-refractivity contribution is -0.141. The van der Waals surface area contributed by atoms with Crippen LogP contribution in [0.4, 0.5) is 0 Å². The maximum atomic E-state index is 11.3. The zero-order valence-corrected chi connectivity index (χ0v) is 8.83. The van der Waals surface area contributed by atoms with Crippen molar-refractivity contribution >= 4 is 17.5 Å². The monoisotopic (exact) mass is 200 g/mol. The van der Waals surface area contributed by atoms with Crippen molar-refractivity contribution < 1.29 is 19.1 Å². The predicted molar refractivity (Wildman–Crippen MR) is 50.7 cm³/mol. The Labute approximate surface area is 83.6 Å². The van der Waals surface area contributed by atoms with E-state index >= 15 is 0 Å². The van der Waals surface area contributed by atoms with E-state index in [0.29, 0.717) is 6.42 Å². The highest BCUT2D eigenvalue weighted by atomic mass is 16.5. The van der Waals surface area contributed by atoms with Gasteiger partial charge in [-0.05, 0) is 13.3 Å². The lowest BCUT2D eigenvalue weighted by atomic mass is 9.93. The molecule has 0 aliphatic carbocycles. The van der Waals surface area contributed by atoms with Crippen molar-refractivity contribution in [2.75, 3.05) is 7.11 Å². The Morgan fingerprint density at radius 1 is 1.29 bits per heavy atom. The fraction of sp³-hybridized carbons (Fsp3) is 0.700. The first-order valence-corrected chi connectivity index (χ1v) is 4.62. The van der Waals surface area contributed by atoms with Gasteiger partial charge in [0.25, 0.3) is 0 Å². The maximum Gasteiger partial charge on any atom is 0.305 e. The molecule has 0 saturated carbocycles.